The van der Waals surface area contributed by atoms with E-state index in [1.165, 1.54) is 5.56 Å². The lowest BCUT2D eigenvalue weighted by Gasteiger charge is -2.02. The van der Waals surface area contributed by atoms with Crippen molar-refractivity contribution in [3.63, 3.8) is 0 Å². The molecule has 0 radical (unpaired) electrons. The van der Waals surface area contributed by atoms with E-state index >= 15 is 0 Å². The Morgan fingerprint density at radius 3 is 2.69 bits per heavy atom. The molecule has 84 valence electrons. The summed E-state index contributed by atoms with van der Waals surface area (Å²) in [5.41, 5.74) is 3.06. The fourth-order valence-electron chi connectivity index (χ4n) is 1.41. The Labute approximate surface area is 94.5 Å². The maximum absolute atomic E-state index is 4.27. The Kier molecular flexibility index (Phi) is 3.26. The van der Waals surface area contributed by atoms with Crippen molar-refractivity contribution in [1.82, 2.24) is 25.1 Å². The number of nitrogens with zero attached hydrogens (tertiary/aromatic N) is 4. The van der Waals surface area contributed by atoms with E-state index in [9.17, 15) is 0 Å². The van der Waals surface area contributed by atoms with Crippen molar-refractivity contribution in [2.24, 2.45) is 7.05 Å². The maximum Gasteiger partial charge on any atom is 0.0724 e. The molecule has 5 nitrogen and oxygen atoms in total. The number of aromatic nitrogens is 4. The minimum atomic E-state index is 0.724. The summed E-state index contributed by atoms with van der Waals surface area (Å²) in [5, 5.41) is 7.40. The summed E-state index contributed by atoms with van der Waals surface area (Å²) in [4.78, 5) is 8.46. The van der Waals surface area contributed by atoms with E-state index in [4.69, 9.17) is 0 Å². The number of aryl methyl sites for hydroxylation is 2. The molecule has 0 aliphatic rings. The number of rotatable bonds is 4. The Balaban J connectivity index is 1.82. The molecule has 2 heterocycles. The van der Waals surface area contributed by atoms with Crippen LogP contribution in [0.5, 0.6) is 0 Å². The third kappa shape index (κ3) is 2.87. The van der Waals surface area contributed by atoms with Crippen LogP contribution in [0.1, 0.15) is 17.0 Å². The second-order valence-corrected chi connectivity index (χ2v) is 3.77. The van der Waals surface area contributed by atoms with Gasteiger partial charge in [0, 0.05) is 44.3 Å². The molecule has 2 rings (SSSR count). The molecule has 0 unspecified atom stereocenters. The van der Waals surface area contributed by atoms with Gasteiger partial charge in [0.1, 0.15) is 0 Å². The quantitative estimate of drug-likeness (QED) is 0.823. The van der Waals surface area contributed by atoms with Crippen LogP contribution in [0.25, 0.3) is 0 Å². The van der Waals surface area contributed by atoms with Gasteiger partial charge >= 0.3 is 0 Å². The molecule has 0 saturated heterocycles. The number of hydrogen-bond donors (Lipinski definition) is 1. The molecule has 0 saturated carbocycles. The smallest absolute Gasteiger partial charge is 0.0724 e. The van der Waals surface area contributed by atoms with Gasteiger partial charge in [-0.3, -0.25) is 14.6 Å². The van der Waals surface area contributed by atoms with Crippen molar-refractivity contribution in [2.45, 2.75) is 20.0 Å². The van der Waals surface area contributed by atoms with Crippen molar-refractivity contribution >= 4 is 0 Å². The topological polar surface area (TPSA) is 55.6 Å². The van der Waals surface area contributed by atoms with Gasteiger partial charge in [-0.1, -0.05) is 0 Å². The second kappa shape index (κ2) is 4.85. The molecule has 0 bridgehead atoms. The van der Waals surface area contributed by atoms with Crippen LogP contribution < -0.4 is 5.32 Å². The summed E-state index contributed by atoms with van der Waals surface area (Å²) in [6.07, 6.45) is 7.42. The highest BCUT2D eigenvalue weighted by molar-refractivity contribution is 5.04. The van der Waals surface area contributed by atoms with E-state index in [0.717, 1.165) is 24.5 Å². The first-order valence-electron chi connectivity index (χ1n) is 5.20. The Morgan fingerprint density at radius 2 is 2.06 bits per heavy atom. The van der Waals surface area contributed by atoms with E-state index < -0.39 is 0 Å². The average molecular weight is 217 g/mol. The zero-order chi connectivity index (χ0) is 11.4. The molecule has 0 aromatic carbocycles. The van der Waals surface area contributed by atoms with Crippen molar-refractivity contribution in [3.05, 3.63) is 41.7 Å². The van der Waals surface area contributed by atoms with Crippen LogP contribution in [0.15, 0.2) is 24.8 Å². The Bertz CT molecular complexity index is 446. The predicted octanol–water partition coefficient (Wildman–Crippen LogP) is 0.808. The maximum atomic E-state index is 4.27. The minimum Gasteiger partial charge on any atom is -0.307 e. The first-order chi connectivity index (χ1) is 7.74. The molecular weight excluding hydrogens is 202 g/mol. The Morgan fingerprint density at radius 1 is 1.19 bits per heavy atom. The molecule has 0 atom stereocenters. The van der Waals surface area contributed by atoms with Gasteiger partial charge in [0.05, 0.1) is 17.6 Å². The summed E-state index contributed by atoms with van der Waals surface area (Å²) in [7, 11) is 1.91. The van der Waals surface area contributed by atoms with Crippen molar-refractivity contribution in [3.8, 4) is 0 Å². The summed E-state index contributed by atoms with van der Waals surface area (Å²) in [6.45, 7) is 3.45. The molecule has 0 spiro atoms. The largest absolute Gasteiger partial charge is 0.307 e. The molecular formula is C11H15N5. The van der Waals surface area contributed by atoms with E-state index in [0.29, 0.717) is 0 Å². The summed E-state index contributed by atoms with van der Waals surface area (Å²) in [5.74, 6) is 0. The van der Waals surface area contributed by atoms with E-state index in [1.54, 1.807) is 17.1 Å². The molecule has 16 heavy (non-hydrogen) atoms. The lowest BCUT2D eigenvalue weighted by Crippen LogP contribution is -2.13. The zero-order valence-corrected chi connectivity index (χ0v) is 9.51. The van der Waals surface area contributed by atoms with Gasteiger partial charge in [0.25, 0.3) is 0 Å². The third-order valence-electron chi connectivity index (χ3n) is 2.23. The van der Waals surface area contributed by atoms with Gasteiger partial charge in [0.15, 0.2) is 0 Å². The molecule has 0 aliphatic heterocycles. The molecule has 5 heteroatoms. The monoisotopic (exact) mass is 217 g/mol. The van der Waals surface area contributed by atoms with Gasteiger partial charge in [-0.15, -0.1) is 0 Å². The van der Waals surface area contributed by atoms with Crippen LogP contribution in [0.2, 0.25) is 0 Å². The molecule has 0 fully saturated rings. The van der Waals surface area contributed by atoms with Crippen LogP contribution >= 0.6 is 0 Å². The lowest BCUT2D eigenvalue weighted by molar-refractivity contribution is 0.675. The van der Waals surface area contributed by atoms with Gasteiger partial charge in [-0.2, -0.15) is 5.10 Å². The minimum absolute atomic E-state index is 0.724. The van der Waals surface area contributed by atoms with Crippen molar-refractivity contribution in [1.29, 1.82) is 0 Å². The Hall–Kier alpha value is -1.75. The van der Waals surface area contributed by atoms with Crippen LogP contribution in [-0.2, 0) is 20.1 Å². The van der Waals surface area contributed by atoms with Crippen LogP contribution in [-0.4, -0.2) is 19.7 Å². The fraction of sp³-hybridized carbons (Fsp3) is 0.364. The van der Waals surface area contributed by atoms with Gasteiger partial charge < -0.3 is 5.32 Å². The third-order valence-corrected chi connectivity index (χ3v) is 2.23. The number of nitrogens with one attached hydrogen (secondary N) is 1. The van der Waals surface area contributed by atoms with Crippen molar-refractivity contribution < 1.29 is 0 Å². The standard InChI is InChI=1S/C11H15N5/c1-9-3-14-11(7-13-9)6-12-4-10-5-15-16(2)8-10/h3,5,7-8,12H,4,6H2,1-2H3. The highest BCUT2D eigenvalue weighted by Crippen LogP contribution is 1.97. The molecule has 0 aliphatic carbocycles. The van der Waals surface area contributed by atoms with Gasteiger partial charge in [0.2, 0.25) is 0 Å². The van der Waals surface area contributed by atoms with Crippen molar-refractivity contribution in [2.75, 3.05) is 0 Å². The predicted molar refractivity (Wildman–Crippen MR) is 60.5 cm³/mol. The normalized spacial score (nSPS) is 10.6. The van der Waals surface area contributed by atoms with Crippen LogP contribution in [0.4, 0.5) is 0 Å². The molecule has 1 N–H and O–H groups in total. The zero-order valence-electron chi connectivity index (χ0n) is 9.51. The second-order valence-electron chi connectivity index (χ2n) is 3.77. The molecule has 2 aromatic rings. The highest BCUT2D eigenvalue weighted by Gasteiger charge is 1.97. The fourth-order valence-corrected chi connectivity index (χ4v) is 1.41. The van der Waals surface area contributed by atoms with E-state index in [-0.39, 0.29) is 0 Å². The first-order valence-corrected chi connectivity index (χ1v) is 5.20. The summed E-state index contributed by atoms with van der Waals surface area (Å²) in [6, 6.07) is 0. The lowest BCUT2D eigenvalue weighted by atomic mass is 10.3. The van der Waals surface area contributed by atoms with Gasteiger partial charge in [-0.05, 0) is 6.92 Å². The first kappa shape index (κ1) is 10.8. The average Bonchev–Trinajstić information content (AvgIpc) is 2.67. The summed E-state index contributed by atoms with van der Waals surface area (Å²) < 4.78 is 1.79. The van der Waals surface area contributed by atoms with Crippen LogP contribution in [0, 0.1) is 6.92 Å². The molecule has 2 aromatic heterocycles. The van der Waals surface area contributed by atoms with E-state index in [1.807, 2.05) is 26.4 Å². The highest BCUT2D eigenvalue weighted by atomic mass is 15.2. The summed E-state index contributed by atoms with van der Waals surface area (Å²) >= 11 is 0. The van der Waals surface area contributed by atoms with Crippen LogP contribution in [0.3, 0.4) is 0 Å². The number of hydrogen-bond acceptors (Lipinski definition) is 4. The SMILES string of the molecule is Cc1cnc(CNCc2cnn(C)c2)cn1. The van der Waals surface area contributed by atoms with E-state index in [2.05, 4.69) is 20.4 Å². The molecule has 0 amide bonds. The van der Waals surface area contributed by atoms with Gasteiger partial charge in [-0.25, -0.2) is 0 Å².